The van der Waals surface area contributed by atoms with Crippen LogP contribution >= 0.6 is 0 Å². The summed E-state index contributed by atoms with van der Waals surface area (Å²) in [5, 5.41) is 0. The van der Waals surface area contributed by atoms with Crippen LogP contribution in [-0.4, -0.2) is 0 Å². The van der Waals surface area contributed by atoms with Crippen LogP contribution in [0.1, 0.15) is 0 Å². The second-order valence-electron chi connectivity index (χ2n) is 0. The van der Waals surface area contributed by atoms with E-state index in [0.29, 0.717) is 0 Å². The smallest absolute Gasteiger partial charge is 0 e. The van der Waals surface area contributed by atoms with Crippen LogP contribution in [0.5, 0.6) is 0 Å². The van der Waals surface area contributed by atoms with Crippen LogP contribution in [0.15, 0.2) is 0 Å². The van der Waals surface area contributed by atoms with E-state index in [9.17, 15) is 0 Å². The third-order valence-corrected chi connectivity index (χ3v) is 0. The standard InChI is InChI=1S/Co.2Fe.Ni.Pd. The molecule has 0 aliphatic rings. The molecule has 0 bridgehead atoms. The van der Waals surface area contributed by atoms with Crippen molar-refractivity contribution in [1.29, 1.82) is 0 Å². The molecule has 0 saturated carbocycles. The first kappa shape index (κ1) is 47.4. The predicted octanol–water partition coefficient (Wildman–Crippen LogP) is -0.0125. The number of rotatable bonds is 0. The number of hydrogen-bond donors (Lipinski definition) is 0. The molecule has 5 heavy (non-hydrogen) atoms. The van der Waals surface area contributed by atoms with Crippen molar-refractivity contribution < 1.29 is 87.8 Å². The SMILES string of the molecule is [Co].[Fe].[Fe].[Ni].[Pd]. The van der Waals surface area contributed by atoms with Gasteiger partial charge in [-0.2, -0.15) is 0 Å². The van der Waals surface area contributed by atoms with E-state index in [0.717, 1.165) is 0 Å². The van der Waals surface area contributed by atoms with Crippen molar-refractivity contribution in [3.63, 3.8) is 0 Å². The van der Waals surface area contributed by atoms with Crippen LogP contribution in [0.2, 0.25) is 0 Å². The van der Waals surface area contributed by atoms with Gasteiger partial charge < -0.3 is 0 Å². The molecule has 0 amide bonds. The van der Waals surface area contributed by atoms with Crippen molar-refractivity contribution in [2.45, 2.75) is 0 Å². The van der Waals surface area contributed by atoms with Crippen molar-refractivity contribution in [3.8, 4) is 0 Å². The van der Waals surface area contributed by atoms with Crippen LogP contribution in [0, 0.1) is 0 Å². The summed E-state index contributed by atoms with van der Waals surface area (Å²) in [4.78, 5) is 0. The van der Waals surface area contributed by atoms with E-state index in [1.54, 1.807) is 0 Å². The molecule has 0 N–H and O–H groups in total. The molecule has 0 aliphatic heterocycles. The molecule has 0 aromatic rings. The first-order valence-electron chi connectivity index (χ1n) is 0. The molecule has 0 spiro atoms. The van der Waals surface area contributed by atoms with E-state index < -0.39 is 0 Å². The Morgan fingerprint density at radius 2 is 0.800 bits per heavy atom. The molecule has 0 atom stereocenters. The van der Waals surface area contributed by atoms with Gasteiger partial charge in [-0.25, -0.2) is 0 Å². The first-order chi connectivity index (χ1) is 0. The largest absolute Gasteiger partial charge is 0 e. The Labute approximate surface area is 86.7 Å². The Bertz CT molecular complexity index is 9.61. The summed E-state index contributed by atoms with van der Waals surface area (Å²) in [5.74, 6) is 0. The molecule has 0 aromatic heterocycles. The summed E-state index contributed by atoms with van der Waals surface area (Å²) < 4.78 is 0. The van der Waals surface area contributed by atoms with E-state index in [2.05, 4.69) is 0 Å². The van der Waals surface area contributed by atoms with Gasteiger partial charge in [0.15, 0.2) is 0 Å². The average Bonchev–Trinajstić information content (AvgIpc) is 0. The van der Waals surface area contributed by atoms with E-state index in [4.69, 9.17) is 0 Å². The predicted molar refractivity (Wildman–Crippen MR) is 0 cm³/mol. The van der Waals surface area contributed by atoms with Crippen molar-refractivity contribution in [2.75, 3.05) is 0 Å². The molecule has 0 fully saturated rings. The van der Waals surface area contributed by atoms with Crippen molar-refractivity contribution in [2.24, 2.45) is 0 Å². The van der Waals surface area contributed by atoms with E-state index in [-0.39, 0.29) is 87.8 Å². The zero-order valence-electron chi connectivity index (χ0n) is 1.67. The second kappa shape index (κ2) is 29.9. The van der Waals surface area contributed by atoms with Gasteiger partial charge in [-0.15, -0.1) is 0 Å². The topological polar surface area (TPSA) is 0 Å². The van der Waals surface area contributed by atoms with Gasteiger partial charge in [-0.3, -0.25) is 0 Å². The minimum absolute atomic E-state index is 0. The summed E-state index contributed by atoms with van der Waals surface area (Å²) in [7, 11) is 0. The fraction of sp³-hybridized carbons (Fsp3) is 0. The molecule has 0 unspecified atom stereocenters. The zero-order valence-corrected chi connectivity index (χ0v) is 7.46. The van der Waals surface area contributed by atoms with Gasteiger partial charge in [-0.1, -0.05) is 0 Å². The van der Waals surface area contributed by atoms with Crippen LogP contribution in [0.4, 0.5) is 0 Å². The zero-order chi connectivity index (χ0) is 0. The van der Waals surface area contributed by atoms with Crippen molar-refractivity contribution in [1.82, 2.24) is 0 Å². The summed E-state index contributed by atoms with van der Waals surface area (Å²) in [6, 6.07) is 0. The summed E-state index contributed by atoms with van der Waals surface area (Å²) in [6.45, 7) is 0. The third-order valence-electron chi connectivity index (χ3n) is 0. The fourth-order valence-corrected chi connectivity index (χ4v) is 0. The van der Waals surface area contributed by atoms with Gasteiger partial charge in [-0.05, 0) is 0 Å². The average molecular weight is 336 g/mol. The first-order valence-corrected chi connectivity index (χ1v) is 0. The molecule has 1 radical (unpaired) electrons. The Kier molecular flexibility index (Phi) is 283. The van der Waals surface area contributed by atoms with Crippen LogP contribution in [0.25, 0.3) is 0 Å². The van der Waals surface area contributed by atoms with Gasteiger partial charge in [0.05, 0.1) is 0 Å². The third kappa shape index (κ3) is 20.3. The van der Waals surface area contributed by atoms with E-state index in [1.807, 2.05) is 0 Å². The maximum absolute atomic E-state index is 0. The normalized spacial score (nSPS) is 0. The molecule has 0 aliphatic carbocycles. The maximum Gasteiger partial charge on any atom is 0 e. The molecule has 0 rings (SSSR count). The minimum Gasteiger partial charge on any atom is 0 e. The molecule has 45 valence electrons. The molecular formula is CoFe2NiPd. The Hall–Kier alpha value is 2.70. The van der Waals surface area contributed by atoms with Gasteiger partial charge in [0.2, 0.25) is 0 Å². The fourth-order valence-electron chi connectivity index (χ4n) is 0. The summed E-state index contributed by atoms with van der Waals surface area (Å²) >= 11 is 0. The maximum atomic E-state index is 0. The Morgan fingerprint density at radius 1 is 0.800 bits per heavy atom. The Morgan fingerprint density at radius 3 is 0.800 bits per heavy atom. The molecule has 5 heteroatoms. The quantitative estimate of drug-likeness (QED) is 0.546. The van der Waals surface area contributed by atoms with Crippen LogP contribution < -0.4 is 0 Å². The second-order valence-corrected chi connectivity index (χ2v) is 0. The summed E-state index contributed by atoms with van der Waals surface area (Å²) in [6.07, 6.45) is 0. The van der Waals surface area contributed by atoms with Crippen molar-refractivity contribution >= 4 is 0 Å². The molecular weight excluding hydrogens is 336 g/mol. The summed E-state index contributed by atoms with van der Waals surface area (Å²) in [5.41, 5.74) is 0. The Balaban J connectivity index is 0. The molecule has 0 nitrogen and oxygen atoms in total. The van der Waals surface area contributed by atoms with Gasteiger partial charge in [0.1, 0.15) is 0 Å². The van der Waals surface area contributed by atoms with E-state index >= 15 is 0 Å². The van der Waals surface area contributed by atoms with Gasteiger partial charge >= 0.3 is 0 Å². The minimum atomic E-state index is 0. The number of hydrogen-bond acceptors (Lipinski definition) is 0. The van der Waals surface area contributed by atoms with Gasteiger partial charge in [0, 0.05) is 87.8 Å². The van der Waals surface area contributed by atoms with Gasteiger partial charge in [0.25, 0.3) is 0 Å². The monoisotopic (exact) mass is 335 g/mol. The van der Waals surface area contributed by atoms with Crippen LogP contribution in [0.3, 0.4) is 0 Å². The van der Waals surface area contributed by atoms with E-state index in [1.165, 1.54) is 0 Å². The molecule has 0 heterocycles. The molecule has 0 aromatic carbocycles. The van der Waals surface area contributed by atoms with Crippen molar-refractivity contribution in [3.05, 3.63) is 0 Å². The molecule has 0 saturated heterocycles. The van der Waals surface area contributed by atoms with Crippen LogP contribution in [-0.2, 0) is 87.8 Å².